The molecule has 0 atom stereocenters. The van der Waals surface area contributed by atoms with Gasteiger partial charge < -0.3 is 14.2 Å². The highest BCUT2D eigenvalue weighted by Gasteiger charge is 2.17. The summed E-state index contributed by atoms with van der Waals surface area (Å²) in [6.45, 7) is 15.5. The minimum absolute atomic E-state index is 0.124. The van der Waals surface area contributed by atoms with Gasteiger partial charge in [-0.3, -0.25) is 9.36 Å². The molecule has 0 amide bonds. The molecule has 38 heavy (non-hydrogen) atoms. The number of alkyl halides is 1. The van der Waals surface area contributed by atoms with Crippen LogP contribution >= 0.6 is 15.9 Å². The SMILES string of the molecule is C[Si](C)(C)CCOCOc1cc(-c2ccccc2CCCBr)cc2c(=O)n(COCC[Si](C)(C)C)cnc12. The minimum atomic E-state index is -1.21. The number of hydrogen-bond donors (Lipinski definition) is 0. The highest BCUT2D eigenvalue weighted by atomic mass is 79.9. The Kier molecular flexibility index (Phi) is 11.3. The Morgan fingerprint density at radius 1 is 0.947 bits per heavy atom. The molecule has 0 aliphatic carbocycles. The monoisotopic (exact) mass is 618 g/mol. The Morgan fingerprint density at radius 3 is 2.32 bits per heavy atom. The molecule has 0 aliphatic rings. The Balaban J connectivity index is 1.94. The third kappa shape index (κ3) is 9.45. The van der Waals surface area contributed by atoms with Gasteiger partial charge in [0.15, 0.2) is 6.79 Å². The lowest BCUT2D eigenvalue weighted by atomic mass is 9.95. The van der Waals surface area contributed by atoms with Crippen LogP contribution in [-0.2, 0) is 22.6 Å². The summed E-state index contributed by atoms with van der Waals surface area (Å²) in [5.41, 5.74) is 3.69. The van der Waals surface area contributed by atoms with Gasteiger partial charge in [-0.05, 0) is 53.8 Å². The second-order valence-corrected chi connectivity index (χ2v) is 24.2. The molecule has 208 valence electrons. The fraction of sp³-hybridized carbons (Fsp3) is 0.517. The summed E-state index contributed by atoms with van der Waals surface area (Å²) in [5.74, 6) is 0.560. The van der Waals surface area contributed by atoms with E-state index in [1.165, 1.54) is 5.56 Å². The van der Waals surface area contributed by atoms with Crippen molar-refractivity contribution in [1.29, 1.82) is 0 Å². The highest BCUT2D eigenvalue weighted by molar-refractivity contribution is 9.09. The van der Waals surface area contributed by atoms with Crippen molar-refractivity contribution >= 4 is 43.0 Å². The van der Waals surface area contributed by atoms with Crippen LogP contribution in [0, 0.1) is 0 Å². The van der Waals surface area contributed by atoms with Gasteiger partial charge in [0.05, 0.1) is 5.39 Å². The van der Waals surface area contributed by atoms with Crippen LogP contribution in [-0.4, -0.2) is 51.0 Å². The van der Waals surface area contributed by atoms with Gasteiger partial charge in [0.2, 0.25) is 0 Å². The van der Waals surface area contributed by atoms with Crippen molar-refractivity contribution in [2.75, 3.05) is 25.3 Å². The molecule has 0 spiro atoms. The van der Waals surface area contributed by atoms with E-state index in [9.17, 15) is 4.79 Å². The lowest BCUT2D eigenvalue weighted by molar-refractivity contribution is 0.0228. The maximum atomic E-state index is 13.6. The molecule has 0 N–H and O–H groups in total. The number of nitrogens with zero attached hydrogens (tertiary/aromatic N) is 2. The first kappa shape index (κ1) is 30.8. The van der Waals surface area contributed by atoms with Crippen molar-refractivity contribution in [2.45, 2.75) is 70.9 Å². The molecule has 0 aliphatic heterocycles. The van der Waals surface area contributed by atoms with Crippen LogP contribution in [0.3, 0.4) is 0 Å². The zero-order valence-electron chi connectivity index (χ0n) is 23.8. The van der Waals surface area contributed by atoms with Crippen LogP contribution in [0.4, 0.5) is 0 Å². The lowest BCUT2D eigenvalue weighted by Gasteiger charge is -2.17. The average Bonchev–Trinajstić information content (AvgIpc) is 2.85. The Hall–Kier alpha value is -1.79. The number of ether oxygens (including phenoxy) is 3. The number of benzene rings is 2. The van der Waals surface area contributed by atoms with E-state index in [4.69, 9.17) is 14.2 Å². The summed E-state index contributed by atoms with van der Waals surface area (Å²) in [6.07, 6.45) is 3.53. The zero-order chi connectivity index (χ0) is 27.8. The number of rotatable bonds is 15. The summed E-state index contributed by atoms with van der Waals surface area (Å²) < 4.78 is 19.3. The molecule has 2 aromatic carbocycles. The Labute approximate surface area is 237 Å². The van der Waals surface area contributed by atoms with Crippen LogP contribution in [0.1, 0.15) is 12.0 Å². The van der Waals surface area contributed by atoms with E-state index in [2.05, 4.69) is 78.4 Å². The van der Waals surface area contributed by atoms with Crippen molar-refractivity contribution in [2.24, 2.45) is 0 Å². The third-order valence-corrected chi connectivity index (χ3v) is 10.3. The maximum Gasteiger partial charge on any atom is 0.263 e. The standard InChI is InChI=1S/C29H43BrN2O4Si2/c1-37(2,3)16-14-34-21-32-20-31-28-26(29(32)33)18-24(25-12-8-7-10-23(25)11-9-13-30)19-27(28)36-22-35-15-17-38(4,5)6/h7-8,10,12,18-20H,9,11,13-17,21-22H2,1-6H3. The fourth-order valence-electron chi connectivity index (χ4n) is 3.96. The lowest BCUT2D eigenvalue weighted by Crippen LogP contribution is -2.25. The van der Waals surface area contributed by atoms with Crippen molar-refractivity contribution in [3.63, 3.8) is 0 Å². The largest absolute Gasteiger partial charge is 0.465 e. The Morgan fingerprint density at radius 2 is 1.63 bits per heavy atom. The number of fused-ring (bicyclic) bond motifs is 1. The van der Waals surface area contributed by atoms with E-state index in [1.54, 1.807) is 10.9 Å². The van der Waals surface area contributed by atoms with Gasteiger partial charge in [0, 0.05) is 34.7 Å². The third-order valence-electron chi connectivity index (χ3n) is 6.32. The number of aryl methyl sites for hydroxylation is 1. The van der Waals surface area contributed by atoms with Crippen LogP contribution in [0.15, 0.2) is 47.5 Å². The van der Waals surface area contributed by atoms with E-state index in [1.807, 2.05) is 18.2 Å². The van der Waals surface area contributed by atoms with Crippen LogP contribution in [0.5, 0.6) is 5.75 Å². The fourth-order valence-corrected chi connectivity index (χ4v) is 5.75. The normalized spacial score (nSPS) is 12.3. The van der Waals surface area contributed by atoms with Gasteiger partial charge in [0.25, 0.3) is 5.56 Å². The van der Waals surface area contributed by atoms with Gasteiger partial charge in [-0.15, -0.1) is 0 Å². The number of halogens is 1. The van der Waals surface area contributed by atoms with Gasteiger partial charge >= 0.3 is 0 Å². The molecule has 1 aromatic heterocycles. The second-order valence-electron chi connectivity index (χ2n) is 12.2. The van der Waals surface area contributed by atoms with Crippen molar-refractivity contribution in [1.82, 2.24) is 9.55 Å². The van der Waals surface area contributed by atoms with Gasteiger partial charge in [0.1, 0.15) is 24.3 Å². The van der Waals surface area contributed by atoms with E-state index in [0.717, 1.165) is 41.4 Å². The van der Waals surface area contributed by atoms with E-state index < -0.39 is 16.1 Å². The van der Waals surface area contributed by atoms with Crippen LogP contribution < -0.4 is 10.3 Å². The molecule has 0 unspecified atom stereocenters. The first-order valence-corrected chi connectivity index (χ1v) is 22.0. The summed E-state index contributed by atoms with van der Waals surface area (Å²) in [6, 6.07) is 14.4. The average molecular weight is 620 g/mol. The Bertz CT molecular complexity index is 1250. The topological polar surface area (TPSA) is 62.6 Å². The van der Waals surface area contributed by atoms with E-state index >= 15 is 0 Å². The van der Waals surface area contributed by atoms with E-state index in [0.29, 0.717) is 29.9 Å². The predicted molar refractivity (Wildman–Crippen MR) is 167 cm³/mol. The summed E-state index contributed by atoms with van der Waals surface area (Å²) in [4.78, 5) is 18.2. The molecule has 9 heteroatoms. The smallest absolute Gasteiger partial charge is 0.263 e. The quantitative estimate of drug-likeness (QED) is 0.0768. The first-order valence-electron chi connectivity index (χ1n) is 13.4. The minimum Gasteiger partial charge on any atom is -0.465 e. The van der Waals surface area contributed by atoms with Crippen molar-refractivity contribution < 1.29 is 14.2 Å². The maximum absolute atomic E-state index is 13.6. The molecule has 3 rings (SSSR count). The van der Waals surface area contributed by atoms with Crippen LogP contribution in [0.2, 0.25) is 51.4 Å². The highest BCUT2D eigenvalue weighted by Crippen LogP contribution is 2.32. The molecular formula is C29H43BrN2O4Si2. The predicted octanol–water partition coefficient (Wildman–Crippen LogP) is 7.39. The molecule has 1 heterocycles. The molecule has 3 aromatic rings. The molecule has 0 saturated heterocycles. The molecule has 0 bridgehead atoms. The number of aromatic nitrogens is 2. The molecule has 0 radical (unpaired) electrons. The molecular weight excluding hydrogens is 576 g/mol. The molecule has 0 fully saturated rings. The summed E-state index contributed by atoms with van der Waals surface area (Å²) in [5, 5.41) is 1.46. The van der Waals surface area contributed by atoms with E-state index in [-0.39, 0.29) is 19.1 Å². The van der Waals surface area contributed by atoms with Crippen molar-refractivity contribution in [3.05, 3.63) is 58.6 Å². The van der Waals surface area contributed by atoms with Gasteiger partial charge in [-0.2, -0.15) is 0 Å². The molecule has 0 saturated carbocycles. The van der Waals surface area contributed by atoms with Crippen molar-refractivity contribution in [3.8, 4) is 16.9 Å². The van der Waals surface area contributed by atoms with Gasteiger partial charge in [-0.1, -0.05) is 79.5 Å². The van der Waals surface area contributed by atoms with Crippen LogP contribution in [0.25, 0.3) is 22.0 Å². The first-order chi connectivity index (χ1) is 18.0. The number of hydrogen-bond acceptors (Lipinski definition) is 5. The summed E-state index contributed by atoms with van der Waals surface area (Å²) >= 11 is 3.55. The zero-order valence-corrected chi connectivity index (χ0v) is 27.4. The van der Waals surface area contributed by atoms with Gasteiger partial charge in [-0.25, -0.2) is 4.98 Å². The summed E-state index contributed by atoms with van der Waals surface area (Å²) in [7, 11) is -2.40. The molecule has 6 nitrogen and oxygen atoms in total. The second kappa shape index (κ2) is 14.0.